The molecule has 0 bridgehead atoms. The van der Waals surface area contributed by atoms with Gasteiger partial charge >= 0.3 is 0 Å². The van der Waals surface area contributed by atoms with Gasteiger partial charge < -0.3 is 127 Å². The lowest BCUT2D eigenvalue weighted by molar-refractivity contribution is -0.136. The first-order valence-electron chi connectivity index (χ1n) is 46.4. The molecule has 0 unspecified atom stereocenters. The number of para-hydroxylation sites is 1. The van der Waals surface area contributed by atoms with Crippen molar-refractivity contribution in [1.29, 1.82) is 5.41 Å². The van der Waals surface area contributed by atoms with Crippen LogP contribution in [0.2, 0.25) is 0 Å². The summed E-state index contributed by atoms with van der Waals surface area (Å²) in [5.41, 5.74) is 19.3. The molecular weight excluding hydrogens is 1750 g/mol. The number of aromatic amines is 3. The number of rotatable bonds is 57. The molecule has 15 amide bonds. The lowest BCUT2D eigenvalue weighted by atomic mass is 10.0. The van der Waals surface area contributed by atoms with Crippen molar-refractivity contribution < 1.29 is 96.4 Å². The highest BCUT2D eigenvalue weighted by Crippen LogP contribution is 2.21. The van der Waals surface area contributed by atoms with Gasteiger partial charge in [-0.2, -0.15) is 0 Å². The maximum absolute atomic E-state index is 14.9. The molecule has 3 aromatic heterocycles. The minimum Gasteiger partial charge on any atom is -0.394 e. The molecule has 4 heterocycles. The van der Waals surface area contributed by atoms with Crippen LogP contribution in [0.3, 0.4) is 0 Å². The van der Waals surface area contributed by atoms with Crippen LogP contribution in [0.25, 0.3) is 10.9 Å². The van der Waals surface area contributed by atoms with E-state index in [9.17, 15) is 86.9 Å². The number of carbonyl (C=O) groups excluding carboxylic acids is 16. The van der Waals surface area contributed by atoms with Crippen LogP contribution in [0.1, 0.15) is 203 Å². The van der Waals surface area contributed by atoms with E-state index in [-0.39, 0.29) is 115 Å². The van der Waals surface area contributed by atoms with E-state index in [0.29, 0.717) is 24.0 Å². The number of Topliss-reactive ketones (excluding diaryl/α,β-unsaturated/α-hetero) is 1. The molecule has 46 nitrogen and oxygen atoms in total. The average Bonchev–Trinajstić information content (AvgIpc) is 1.70. The van der Waals surface area contributed by atoms with Crippen molar-refractivity contribution in [3.63, 3.8) is 0 Å². The second kappa shape index (κ2) is 63.3. The minimum absolute atomic E-state index is 0.0135. The van der Waals surface area contributed by atoms with Crippen molar-refractivity contribution in [2.45, 2.75) is 273 Å². The van der Waals surface area contributed by atoms with Crippen LogP contribution in [0.15, 0.2) is 73.3 Å². The largest absolute Gasteiger partial charge is 0.394 e. The summed E-state index contributed by atoms with van der Waals surface area (Å²) >= 11 is 0. The topological polar surface area (TPSA) is 713 Å². The molecule has 0 aliphatic carbocycles. The summed E-state index contributed by atoms with van der Waals surface area (Å²) in [7, 11) is 0. The quantitative estimate of drug-likeness (QED) is 0.0105. The third kappa shape index (κ3) is 43.7. The first-order valence-corrected chi connectivity index (χ1v) is 46.4. The van der Waals surface area contributed by atoms with Crippen molar-refractivity contribution in [3.8, 4) is 0 Å². The Morgan fingerprint density at radius 3 is 1.80 bits per heavy atom. The van der Waals surface area contributed by atoms with E-state index in [2.05, 4.69) is 115 Å². The lowest BCUT2D eigenvalue weighted by Crippen LogP contribution is -2.62. The van der Waals surface area contributed by atoms with Crippen LogP contribution in [-0.2, 0) is 112 Å². The molecule has 135 heavy (non-hydrogen) atoms. The molecule has 1 saturated heterocycles. The first-order chi connectivity index (χ1) is 65.1. The number of aromatic nitrogens is 7. The molecule has 5 aromatic rings. The number of nitrogens with one attached hydrogen (secondary N) is 19. The Morgan fingerprint density at radius 1 is 0.563 bits per heavy atom. The van der Waals surface area contributed by atoms with Crippen molar-refractivity contribution in [3.05, 3.63) is 96.0 Å². The molecule has 0 spiro atoms. The molecular formula is C89H138N26O20. The van der Waals surface area contributed by atoms with Crippen molar-refractivity contribution >= 4 is 111 Å². The number of ketones is 1. The number of fused-ring (bicyclic) bond motifs is 1. The Hall–Kier alpha value is -13.0. The van der Waals surface area contributed by atoms with Gasteiger partial charge in [0.05, 0.1) is 57.6 Å². The van der Waals surface area contributed by atoms with Gasteiger partial charge in [0.25, 0.3) is 0 Å². The summed E-state index contributed by atoms with van der Waals surface area (Å²) in [6.45, 7) is -0.346. The Morgan fingerprint density at radius 2 is 1.16 bits per heavy atom. The van der Waals surface area contributed by atoms with Gasteiger partial charge in [0, 0.05) is 94.4 Å². The Labute approximate surface area is 783 Å². The third-order valence-corrected chi connectivity index (χ3v) is 22.3. The first kappa shape index (κ1) is 111. The van der Waals surface area contributed by atoms with Crippen LogP contribution >= 0.6 is 0 Å². The predicted octanol–water partition coefficient (Wildman–Crippen LogP) is -2.93. The van der Waals surface area contributed by atoms with Crippen molar-refractivity contribution in [2.75, 3.05) is 72.4 Å². The number of aliphatic hydroxyl groups is 2. The fourth-order valence-electron chi connectivity index (χ4n) is 14.7. The summed E-state index contributed by atoms with van der Waals surface area (Å²) in [5.74, 6) is -13.6. The summed E-state index contributed by atoms with van der Waals surface area (Å²) in [6, 6.07) is -1.83. The van der Waals surface area contributed by atoms with Gasteiger partial charge in [0.1, 0.15) is 72.8 Å². The maximum atomic E-state index is 14.9. The van der Waals surface area contributed by atoms with Gasteiger partial charge in [0.15, 0.2) is 11.7 Å². The molecule has 27 N–H and O–H groups in total. The minimum atomic E-state index is -1.91. The second-order valence-corrected chi connectivity index (χ2v) is 33.2. The molecule has 6 rings (SSSR count). The number of ether oxygens (including phenoxy) is 2. The number of H-pyrrole nitrogens is 3. The van der Waals surface area contributed by atoms with Crippen LogP contribution in [0.5, 0.6) is 0 Å². The number of nitrogens with two attached hydrogens (primary N) is 3. The van der Waals surface area contributed by atoms with Crippen LogP contribution in [-0.4, -0.2) is 285 Å². The number of primary amides is 1. The highest BCUT2D eigenvalue weighted by Gasteiger charge is 2.38. The second-order valence-electron chi connectivity index (χ2n) is 33.2. The summed E-state index contributed by atoms with van der Waals surface area (Å²) < 4.78 is 10.8. The van der Waals surface area contributed by atoms with E-state index in [1.165, 1.54) is 70.8 Å². The number of amides is 15. The number of aryl methyl sites for hydroxylation is 1. The number of hydrogen-bond acceptors (Lipinski definition) is 26. The van der Waals surface area contributed by atoms with Gasteiger partial charge in [0.2, 0.25) is 88.6 Å². The number of benzene rings is 2. The van der Waals surface area contributed by atoms with Crippen molar-refractivity contribution in [1.82, 2.24) is 115 Å². The molecule has 0 radical (unpaired) electrons. The molecule has 2 aromatic carbocycles. The summed E-state index contributed by atoms with van der Waals surface area (Å²) in [5, 5.41) is 81.8. The highest BCUT2D eigenvalue weighted by molar-refractivity contribution is 6.00. The highest BCUT2D eigenvalue weighted by atomic mass is 16.5. The zero-order valence-electron chi connectivity index (χ0n) is 77.0. The van der Waals surface area contributed by atoms with Gasteiger partial charge in [-0.05, 0) is 98.8 Å². The number of nitrogens with zero attached hydrogens (tertiary/aromatic N) is 4. The molecule has 1 aliphatic rings. The van der Waals surface area contributed by atoms with E-state index in [0.717, 1.165) is 55.3 Å². The smallest absolute Gasteiger partial charge is 0.246 e. The van der Waals surface area contributed by atoms with E-state index >= 15 is 0 Å². The van der Waals surface area contributed by atoms with Gasteiger partial charge in [-0.15, -0.1) is 5.10 Å². The number of unbranched alkanes of at least 4 members (excludes halogenated alkanes) is 13. The lowest BCUT2D eigenvalue weighted by Gasteiger charge is -2.28. The number of guanidine groups is 1. The fraction of sp³-hybridized carbons (Fsp3) is 0.607. The zero-order valence-corrected chi connectivity index (χ0v) is 77.0. The molecule has 11 atom stereocenters. The van der Waals surface area contributed by atoms with Crippen LogP contribution in [0.4, 0.5) is 0 Å². The monoisotopic (exact) mass is 1890 g/mol. The molecule has 1 fully saturated rings. The SMILES string of the molecule is CCCC[C@H](NC(=O)[C@H](CO)NC(=O)[C@H](Cc1c[nH]cn1)NC(=O)[C@H](CCC(N)=O)NC(=O)[C@H](CO)NC(=O)CNC(=O)COCCOCCNC(=O)CCCCCCCCCCCCCCCc1nnn[nH]1)C(=O)N[C@H]1CCC(=O)NCCCC[C@@H](C(C)=O)NC(=O)[C@H](Cc2c[nH]c3ccccc23)NC(=O)[C@H](CCCNC(=N)N)NC(=O)[C@@H](Cc2ccccc2)NC(=O)[C@H](CN)NC1=O. The molecule has 0 saturated carbocycles. The van der Waals surface area contributed by atoms with E-state index < -0.39 is 220 Å². The number of imidazole rings is 1. The molecule has 744 valence electrons. The maximum Gasteiger partial charge on any atom is 0.246 e. The van der Waals surface area contributed by atoms with Gasteiger partial charge in [-0.1, -0.05) is 139 Å². The van der Waals surface area contributed by atoms with Gasteiger partial charge in [-0.25, -0.2) is 10.1 Å². The predicted molar refractivity (Wildman–Crippen MR) is 493 cm³/mol. The normalized spacial score (nSPS) is 17.8. The third-order valence-electron chi connectivity index (χ3n) is 22.3. The number of tetrazole rings is 1. The number of aliphatic hydroxyl groups excluding tert-OH is 2. The zero-order chi connectivity index (χ0) is 98.1. The molecule has 46 heteroatoms. The van der Waals surface area contributed by atoms with Crippen molar-refractivity contribution in [2.24, 2.45) is 17.2 Å². The summed E-state index contributed by atoms with van der Waals surface area (Å²) in [4.78, 5) is 232. The molecule has 1 aliphatic heterocycles. The average molecular weight is 1890 g/mol. The number of hydrogen-bond donors (Lipinski definition) is 24. The van der Waals surface area contributed by atoms with E-state index in [1.54, 1.807) is 49.5 Å². The Bertz CT molecular complexity index is 4540. The summed E-state index contributed by atoms with van der Waals surface area (Å²) in [6.07, 6.45) is 18.9. The van der Waals surface area contributed by atoms with Crippen LogP contribution < -0.4 is 97.0 Å². The van der Waals surface area contributed by atoms with E-state index in [4.69, 9.17) is 32.1 Å². The standard InChI is InChI=1S/C89H138N26O20/c1-3-4-29-63(79(124)105-66-36-38-76(121)95-39-24-23-30-61(56(2)118)102-84(129)68(46-58-49-98-62-31-22-21-28-60(58)62)108-80(125)64(32-25-40-97-89(92)93)103-83(128)67(45-57-26-17-16-18-27-57)107-86(131)70(48-90)110-82(66)127)104-88(133)72(53-117)111-85(130)69(47-59-50-94-55-100-59)109-81(126)65(35-37-73(91)119)106-87(132)71(52-116)101-77(122)51-99-78(123)54-135-44-43-134-42-41-96-75(120)34-20-15-13-11-9-7-5-6-8-10-12-14-19-33-74-112-114-115-113-74/h16-18,21-22,26-28,31,49-50,55,61,63-72,98,116-117H,3-15,19-20,23-25,29-30,32-48,51-54,90H2,1-2H3,(H2,91,119)(H,94,100)(H,95,121)(H,96,120)(H,99,123)(H,101,122)(H,102,129)(H,103,128)(H,104,133)(H,105,124)(H,106,132)(H,107,131)(H,108,125)(H,109,126)(H,110,127)(H,111,130)(H4,92,93,97)(H,112,113,114,115)/t61-,63-,64-,65-,66-,67+,68-,69-,70-,71-,72-/m0/s1. The Kier molecular flexibility index (Phi) is 51.9. The van der Waals surface area contributed by atoms with E-state index in [1.807, 2.05) is 18.2 Å². The fourth-order valence-corrected chi connectivity index (χ4v) is 14.7. The van der Waals surface area contributed by atoms with Gasteiger partial charge in [-0.3, -0.25) is 82.1 Å². The van der Waals surface area contributed by atoms with Crippen LogP contribution in [0, 0.1) is 5.41 Å². The number of carbonyl (C=O) groups is 16. The Balaban J connectivity index is 1.05.